The van der Waals surface area contributed by atoms with Gasteiger partial charge in [0.25, 0.3) is 10.0 Å². The minimum atomic E-state index is -3.83. The van der Waals surface area contributed by atoms with Crippen molar-refractivity contribution in [3.05, 3.63) is 47.7 Å². The molecule has 0 aliphatic heterocycles. The third kappa shape index (κ3) is 3.37. The van der Waals surface area contributed by atoms with Gasteiger partial charge in [-0.1, -0.05) is 0 Å². The van der Waals surface area contributed by atoms with E-state index in [0.29, 0.717) is 11.3 Å². The number of primary amides is 1. The van der Waals surface area contributed by atoms with Crippen LogP contribution in [0.1, 0.15) is 16.1 Å². The van der Waals surface area contributed by atoms with Crippen LogP contribution in [0.3, 0.4) is 0 Å². The highest BCUT2D eigenvalue weighted by atomic mass is 32.2. The summed E-state index contributed by atoms with van der Waals surface area (Å²) in [6, 6.07) is 9.35. The van der Waals surface area contributed by atoms with Crippen molar-refractivity contribution in [1.82, 2.24) is 0 Å². The molecule has 2 aromatic rings. The molecule has 0 saturated heterocycles. The van der Waals surface area contributed by atoms with Crippen molar-refractivity contribution < 1.29 is 17.6 Å². The first-order valence-electron chi connectivity index (χ1n) is 5.61. The Hall–Kier alpha value is -2.32. The highest BCUT2D eigenvalue weighted by molar-refractivity contribution is 7.89. The molecule has 0 aliphatic carbocycles. The number of anilines is 1. The molecule has 1 amide bonds. The molecular weight excluding hydrogens is 282 g/mol. The van der Waals surface area contributed by atoms with E-state index in [9.17, 15) is 13.2 Å². The topological polar surface area (TPSA) is 128 Å². The van der Waals surface area contributed by atoms with Crippen LogP contribution in [0.2, 0.25) is 0 Å². The zero-order valence-corrected chi connectivity index (χ0v) is 11.2. The van der Waals surface area contributed by atoms with Crippen molar-refractivity contribution in [1.29, 1.82) is 0 Å². The molecule has 0 fully saturated rings. The molecule has 7 nitrogen and oxygen atoms in total. The number of amides is 1. The molecule has 0 radical (unpaired) electrons. The lowest BCUT2D eigenvalue weighted by Crippen LogP contribution is -2.11. The number of nitrogens with two attached hydrogens (primary N) is 2. The number of carbonyl (C=O) groups excluding carboxylic acids is 1. The minimum absolute atomic E-state index is 0.279. The SMILES string of the molecule is NC(=O)c1ccc(NCc2ccc(S(N)(=O)=O)o2)cc1. The van der Waals surface area contributed by atoms with Crippen LogP contribution in [0.4, 0.5) is 5.69 Å². The van der Waals surface area contributed by atoms with E-state index >= 15 is 0 Å². The average molecular weight is 295 g/mol. The molecule has 0 bridgehead atoms. The standard InChI is InChI=1S/C12H13N3O4S/c13-12(16)8-1-3-9(4-2-8)15-7-10-5-6-11(19-10)20(14,17)18/h1-6,15H,7H2,(H2,13,16)(H2,14,17,18). The van der Waals surface area contributed by atoms with E-state index in [0.717, 1.165) is 5.69 Å². The number of furan rings is 1. The lowest BCUT2D eigenvalue weighted by molar-refractivity contribution is 0.100. The van der Waals surface area contributed by atoms with Gasteiger partial charge in [0.2, 0.25) is 11.0 Å². The molecule has 20 heavy (non-hydrogen) atoms. The number of benzene rings is 1. The van der Waals surface area contributed by atoms with E-state index in [4.69, 9.17) is 15.3 Å². The summed E-state index contributed by atoms with van der Waals surface area (Å²) in [5, 5.41) is 7.67. The zero-order chi connectivity index (χ0) is 14.8. The Labute approximate surface area is 115 Å². The number of primary sulfonamides is 1. The molecule has 1 aromatic carbocycles. The second-order valence-corrected chi connectivity index (χ2v) is 5.55. The molecule has 106 valence electrons. The van der Waals surface area contributed by atoms with E-state index in [1.165, 1.54) is 12.1 Å². The molecule has 0 aliphatic rings. The number of rotatable bonds is 5. The van der Waals surface area contributed by atoms with Gasteiger partial charge in [0, 0.05) is 11.3 Å². The molecular formula is C12H13N3O4S. The number of hydrogen-bond donors (Lipinski definition) is 3. The van der Waals surface area contributed by atoms with Crippen LogP contribution < -0.4 is 16.2 Å². The van der Waals surface area contributed by atoms with Gasteiger partial charge in [0.05, 0.1) is 6.54 Å². The van der Waals surface area contributed by atoms with Crippen molar-refractivity contribution in [3.63, 3.8) is 0 Å². The Morgan fingerprint density at radius 2 is 1.80 bits per heavy atom. The first-order chi connectivity index (χ1) is 9.36. The van der Waals surface area contributed by atoms with Gasteiger partial charge in [0.1, 0.15) is 5.76 Å². The number of nitrogens with one attached hydrogen (secondary N) is 1. The average Bonchev–Trinajstić information content (AvgIpc) is 2.85. The lowest BCUT2D eigenvalue weighted by Gasteiger charge is -2.04. The summed E-state index contributed by atoms with van der Waals surface area (Å²) in [6.45, 7) is 0.283. The van der Waals surface area contributed by atoms with Gasteiger partial charge in [-0.3, -0.25) is 4.79 Å². The zero-order valence-electron chi connectivity index (χ0n) is 10.4. The number of hydrogen-bond acceptors (Lipinski definition) is 5. The van der Waals surface area contributed by atoms with Gasteiger partial charge in [-0.05, 0) is 36.4 Å². The first-order valence-corrected chi connectivity index (χ1v) is 7.16. The monoisotopic (exact) mass is 295 g/mol. The van der Waals surface area contributed by atoms with Crippen LogP contribution in [0.15, 0.2) is 45.9 Å². The Morgan fingerprint density at radius 1 is 1.15 bits per heavy atom. The molecule has 1 aromatic heterocycles. The van der Waals surface area contributed by atoms with Crippen molar-refractivity contribution in [2.45, 2.75) is 11.6 Å². The number of sulfonamides is 1. The highest BCUT2D eigenvalue weighted by Crippen LogP contribution is 2.15. The summed E-state index contributed by atoms with van der Waals surface area (Å²) < 4.78 is 27.2. The third-order valence-electron chi connectivity index (χ3n) is 2.55. The summed E-state index contributed by atoms with van der Waals surface area (Å²) >= 11 is 0. The van der Waals surface area contributed by atoms with Crippen molar-refractivity contribution in [3.8, 4) is 0 Å². The Kier molecular flexibility index (Phi) is 3.77. The van der Waals surface area contributed by atoms with Crippen LogP contribution in [0, 0.1) is 0 Å². The molecule has 0 unspecified atom stereocenters. The Balaban J connectivity index is 2.02. The first kappa shape index (κ1) is 14.1. The molecule has 0 atom stereocenters. The molecule has 5 N–H and O–H groups in total. The maximum Gasteiger partial charge on any atom is 0.271 e. The minimum Gasteiger partial charge on any atom is -0.446 e. The van der Waals surface area contributed by atoms with E-state index in [1.54, 1.807) is 24.3 Å². The van der Waals surface area contributed by atoms with Gasteiger partial charge in [-0.2, -0.15) is 0 Å². The normalized spacial score (nSPS) is 11.2. The summed E-state index contributed by atoms with van der Waals surface area (Å²) in [6.07, 6.45) is 0. The summed E-state index contributed by atoms with van der Waals surface area (Å²) in [7, 11) is -3.83. The van der Waals surface area contributed by atoms with Crippen LogP contribution in [-0.4, -0.2) is 14.3 Å². The molecule has 2 rings (SSSR count). The van der Waals surface area contributed by atoms with Gasteiger partial charge >= 0.3 is 0 Å². The van der Waals surface area contributed by atoms with Gasteiger partial charge in [-0.25, -0.2) is 13.6 Å². The van der Waals surface area contributed by atoms with Crippen molar-refractivity contribution in [2.24, 2.45) is 10.9 Å². The van der Waals surface area contributed by atoms with E-state index in [2.05, 4.69) is 5.32 Å². The summed E-state index contributed by atoms with van der Waals surface area (Å²) in [5.41, 5.74) is 6.28. The van der Waals surface area contributed by atoms with Crippen molar-refractivity contribution >= 4 is 21.6 Å². The van der Waals surface area contributed by atoms with Crippen molar-refractivity contribution in [2.75, 3.05) is 5.32 Å². The van der Waals surface area contributed by atoms with Gasteiger partial charge in [0.15, 0.2) is 0 Å². The molecule has 8 heteroatoms. The smallest absolute Gasteiger partial charge is 0.271 e. The predicted octanol–water partition coefficient (Wildman–Crippen LogP) is 0.638. The lowest BCUT2D eigenvalue weighted by atomic mass is 10.2. The second-order valence-electron chi connectivity index (χ2n) is 4.06. The highest BCUT2D eigenvalue weighted by Gasteiger charge is 2.12. The third-order valence-corrected chi connectivity index (χ3v) is 3.33. The molecule has 0 saturated carbocycles. The van der Waals surface area contributed by atoms with Gasteiger partial charge in [-0.15, -0.1) is 0 Å². The fraction of sp³-hybridized carbons (Fsp3) is 0.0833. The summed E-state index contributed by atoms with van der Waals surface area (Å²) in [5.74, 6) is -0.0756. The van der Waals surface area contributed by atoms with Crippen LogP contribution in [0.25, 0.3) is 0 Å². The van der Waals surface area contributed by atoms with Gasteiger partial charge < -0.3 is 15.5 Å². The maximum absolute atomic E-state index is 11.0. The van der Waals surface area contributed by atoms with Crippen LogP contribution in [-0.2, 0) is 16.6 Å². The van der Waals surface area contributed by atoms with E-state index in [1.807, 2.05) is 0 Å². The number of carbonyl (C=O) groups is 1. The molecule has 1 heterocycles. The largest absolute Gasteiger partial charge is 0.446 e. The predicted molar refractivity (Wildman–Crippen MR) is 72.4 cm³/mol. The maximum atomic E-state index is 11.0. The fourth-order valence-corrected chi connectivity index (χ4v) is 2.03. The molecule has 0 spiro atoms. The Morgan fingerprint density at radius 3 is 2.30 bits per heavy atom. The second kappa shape index (κ2) is 5.35. The van der Waals surface area contributed by atoms with Crippen LogP contribution in [0.5, 0.6) is 0 Å². The van der Waals surface area contributed by atoms with E-state index in [-0.39, 0.29) is 11.6 Å². The fourth-order valence-electron chi connectivity index (χ4n) is 1.55. The Bertz CT molecular complexity index is 719. The quantitative estimate of drug-likeness (QED) is 0.745. The van der Waals surface area contributed by atoms with E-state index < -0.39 is 15.9 Å². The summed E-state index contributed by atoms with van der Waals surface area (Å²) in [4.78, 5) is 10.9. The van der Waals surface area contributed by atoms with Crippen LogP contribution >= 0.6 is 0 Å².